The Labute approximate surface area is 148 Å². The zero-order valence-electron chi connectivity index (χ0n) is 13.9. The molecule has 0 fully saturated rings. The first kappa shape index (κ1) is 20.4. The van der Waals surface area contributed by atoms with Crippen molar-refractivity contribution in [2.45, 2.75) is 13.8 Å². The van der Waals surface area contributed by atoms with E-state index < -0.39 is 23.9 Å². The summed E-state index contributed by atoms with van der Waals surface area (Å²) in [6.07, 6.45) is 0. The molecule has 0 heterocycles. The van der Waals surface area contributed by atoms with Crippen LogP contribution in [-0.4, -0.2) is 44.3 Å². The Hall–Kier alpha value is -3.68. The maximum absolute atomic E-state index is 10.7. The van der Waals surface area contributed by atoms with Crippen molar-refractivity contribution in [3.05, 3.63) is 69.8 Å². The van der Waals surface area contributed by atoms with E-state index in [-0.39, 0.29) is 22.3 Å². The summed E-state index contributed by atoms with van der Waals surface area (Å²) in [4.78, 5) is 42.4. The summed E-state index contributed by atoms with van der Waals surface area (Å²) < 4.78 is 0. The standard InChI is InChI=1S/C10H10O4.C8H6O4/c1-5-3-6(2)8(10(13)14)4-7(5)9(11)12;9-7(10)5-3-1-2-4-6(5)8(11)12/h3-4H,1-2H3,(H,11,12)(H,13,14);1-4H,(H,9,10)(H,11,12). The second-order valence-corrected chi connectivity index (χ2v) is 5.25. The van der Waals surface area contributed by atoms with Crippen LogP contribution >= 0.6 is 0 Å². The Morgan fingerprint density at radius 1 is 0.577 bits per heavy atom. The van der Waals surface area contributed by atoms with Crippen LogP contribution in [0.2, 0.25) is 0 Å². The third kappa shape index (κ3) is 4.91. The summed E-state index contributed by atoms with van der Waals surface area (Å²) >= 11 is 0. The lowest BCUT2D eigenvalue weighted by Gasteiger charge is -2.05. The zero-order chi connectivity index (χ0) is 20.0. The molecule has 2 aromatic carbocycles. The third-order valence-corrected chi connectivity index (χ3v) is 3.42. The molecule has 0 radical (unpaired) electrons. The Morgan fingerprint density at radius 3 is 1.15 bits per heavy atom. The highest BCUT2D eigenvalue weighted by Gasteiger charge is 2.14. The van der Waals surface area contributed by atoms with Crippen LogP contribution in [0.15, 0.2) is 36.4 Å². The van der Waals surface area contributed by atoms with Crippen molar-refractivity contribution in [1.82, 2.24) is 0 Å². The van der Waals surface area contributed by atoms with Crippen LogP contribution in [0.25, 0.3) is 0 Å². The molecule has 0 saturated heterocycles. The van der Waals surface area contributed by atoms with E-state index in [1.54, 1.807) is 19.9 Å². The molecule has 0 unspecified atom stereocenters. The molecule has 0 atom stereocenters. The van der Waals surface area contributed by atoms with Crippen LogP contribution < -0.4 is 0 Å². The molecule has 0 amide bonds. The summed E-state index contributed by atoms with van der Waals surface area (Å²) in [5, 5.41) is 34.6. The molecule has 2 aromatic rings. The van der Waals surface area contributed by atoms with Crippen LogP contribution in [0, 0.1) is 13.8 Å². The molecule has 0 spiro atoms. The number of carboxylic acid groups (broad SMARTS) is 4. The molecule has 0 aliphatic rings. The molecule has 4 N–H and O–H groups in total. The smallest absolute Gasteiger partial charge is 0.336 e. The van der Waals surface area contributed by atoms with E-state index in [4.69, 9.17) is 20.4 Å². The monoisotopic (exact) mass is 360 g/mol. The first-order valence-electron chi connectivity index (χ1n) is 7.19. The average Bonchev–Trinajstić information content (AvgIpc) is 2.54. The molecule has 0 aliphatic heterocycles. The van der Waals surface area contributed by atoms with Gasteiger partial charge in [0.15, 0.2) is 0 Å². The summed E-state index contributed by atoms with van der Waals surface area (Å²) in [7, 11) is 0. The van der Waals surface area contributed by atoms with Gasteiger partial charge in [0.2, 0.25) is 0 Å². The number of aromatic carboxylic acids is 4. The van der Waals surface area contributed by atoms with E-state index in [0.717, 1.165) is 0 Å². The summed E-state index contributed by atoms with van der Waals surface area (Å²) in [5.74, 6) is -4.67. The molecule has 0 saturated carbocycles. The minimum absolute atomic E-state index is 0.0352. The number of rotatable bonds is 4. The van der Waals surface area contributed by atoms with Crippen LogP contribution in [0.3, 0.4) is 0 Å². The Kier molecular flexibility index (Phi) is 6.60. The van der Waals surface area contributed by atoms with Crippen molar-refractivity contribution in [2.75, 3.05) is 0 Å². The van der Waals surface area contributed by atoms with E-state index in [1.165, 1.54) is 30.3 Å². The predicted octanol–water partition coefficient (Wildman–Crippen LogP) is 2.78. The second kappa shape index (κ2) is 8.43. The summed E-state index contributed by atoms with van der Waals surface area (Å²) in [6, 6.07) is 8.23. The highest BCUT2D eigenvalue weighted by Crippen LogP contribution is 2.16. The van der Waals surface area contributed by atoms with E-state index in [0.29, 0.717) is 11.1 Å². The summed E-state index contributed by atoms with van der Waals surface area (Å²) in [6.45, 7) is 3.28. The van der Waals surface area contributed by atoms with Gasteiger partial charge >= 0.3 is 23.9 Å². The molecule has 26 heavy (non-hydrogen) atoms. The SMILES string of the molecule is Cc1cc(C)c(C(=O)O)cc1C(=O)O.O=C(O)c1ccccc1C(=O)O. The van der Waals surface area contributed by atoms with Gasteiger partial charge in [0.05, 0.1) is 22.3 Å². The fourth-order valence-electron chi connectivity index (χ4n) is 2.17. The topological polar surface area (TPSA) is 149 Å². The van der Waals surface area contributed by atoms with E-state index >= 15 is 0 Å². The Bertz CT molecular complexity index is 815. The van der Waals surface area contributed by atoms with Gasteiger partial charge in [-0.1, -0.05) is 18.2 Å². The van der Waals surface area contributed by atoms with Crippen LogP contribution in [0.4, 0.5) is 0 Å². The first-order valence-corrected chi connectivity index (χ1v) is 7.19. The van der Waals surface area contributed by atoms with Gasteiger partial charge in [0.25, 0.3) is 0 Å². The van der Waals surface area contributed by atoms with Crippen molar-refractivity contribution in [1.29, 1.82) is 0 Å². The maximum atomic E-state index is 10.7. The van der Waals surface area contributed by atoms with Gasteiger partial charge in [-0.2, -0.15) is 0 Å². The minimum Gasteiger partial charge on any atom is -0.478 e. The molecule has 2 rings (SSSR count). The van der Waals surface area contributed by atoms with Gasteiger partial charge in [-0.3, -0.25) is 0 Å². The minimum atomic E-state index is -1.23. The highest BCUT2D eigenvalue weighted by molar-refractivity contribution is 6.01. The molecular weight excluding hydrogens is 344 g/mol. The largest absolute Gasteiger partial charge is 0.478 e. The van der Waals surface area contributed by atoms with E-state index in [9.17, 15) is 19.2 Å². The molecule has 0 aliphatic carbocycles. The lowest BCUT2D eigenvalue weighted by atomic mass is 10.0. The van der Waals surface area contributed by atoms with Gasteiger partial charge in [0.1, 0.15) is 0 Å². The average molecular weight is 360 g/mol. The predicted molar refractivity (Wildman–Crippen MR) is 90.2 cm³/mol. The van der Waals surface area contributed by atoms with Gasteiger partial charge < -0.3 is 20.4 Å². The number of carboxylic acids is 4. The lowest BCUT2D eigenvalue weighted by Crippen LogP contribution is -2.06. The van der Waals surface area contributed by atoms with Crippen LogP contribution in [0.1, 0.15) is 52.6 Å². The molecule has 136 valence electrons. The second-order valence-electron chi connectivity index (χ2n) is 5.25. The van der Waals surface area contributed by atoms with Crippen molar-refractivity contribution in [3.63, 3.8) is 0 Å². The molecular formula is C18H16O8. The van der Waals surface area contributed by atoms with Crippen LogP contribution in [-0.2, 0) is 0 Å². The normalized spacial score (nSPS) is 9.62. The molecule has 8 nitrogen and oxygen atoms in total. The number of hydrogen-bond donors (Lipinski definition) is 4. The molecule has 0 aromatic heterocycles. The molecule has 0 bridgehead atoms. The van der Waals surface area contributed by atoms with Gasteiger partial charge in [-0.25, -0.2) is 19.2 Å². The van der Waals surface area contributed by atoms with E-state index in [2.05, 4.69) is 0 Å². The number of hydrogen-bond acceptors (Lipinski definition) is 4. The van der Waals surface area contributed by atoms with Crippen molar-refractivity contribution in [2.24, 2.45) is 0 Å². The van der Waals surface area contributed by atoms with Crippen molar-refractivity contribution >= 4 is 23.9 Å². The van der Waals surface area contributed by atoms with Gasteiger partial charge in [-0.15, -0.1) is 0 Å². The number of benzene rings is 2. The van der Waals surface area contributed by atoms with E-state index in [1.807, 2.05) is 0 Å². The van der Waals surface area contributed by atoms with Crippen molar-refractivity contribution in [3.8, 4) is 0 Å². The fourth-order valence-corrected chi connectivity index (χ4v) is 2.17. The van der Waals surface area contributed by atoms with Crippen LogP contribution in [0.5, 0.6) is 0 Å². The first-order chi connectivity index (χ1) is 12.1. The van der Waals surface area contributed by atoms with Crippen molar-refractivity contribution < 1.29 is 39.6 Å². The third-order valence-electron chi connectivity index (χ3n) is 3.42. The maximum Gasteiger partial charge on any atom is 0.336 e. The highest BCUT2D eigenvalue weighted by atomic mass is 16.4. The Balaban J connectivity index is 0.000000263. The summed E-state index contributed by atoms with van der Waals surface area (Å²) in [5.41, 5.74) is 0.830. The number of aryl methyl sites for hydroxylation is 2. The Morgan fingerprint density at radius 2 is 0.885 bits per heavy atom. The number of carbonyl (C=O) groups is 4. The fraction of sp³-hybridized carbons (Fsp3) is 0.111. The lowest BCUT2D eigenvalue weighted by molar-refractivity contribution is 0.0651. The zero-order valence-corrected chi connectivity index (χ0v) is 13.9. The molecule has 8 heteroatoms. The van der Waals surface area contributed by atoms with Gasteiger partial charge in [0, 0.05) is 0 Å². The van der Waals surface area contributed by atoms with Gasteiger partial charge in [-0.05, 0) is 43.2 Å². The quantitative estimate of drug-likeness (QED) is 0.650.